The van der Waals surface area contributed by atoms with Crippen molar-refractivity contribution < 1.29 is 4.74 Å². The van der Waals surface area contributed by atoms with Crippen LogP contribution in [-0.4, -0.2) is 79.4 Å². The van der Waals surface area contributed by atoms with Gasteiger partial charge in [0.15, 0.2) is 0 Å². The average molecular weight is 498 g/mol. The zero-order chi connectivity index (χ0) is 25.4. The maximum absolute atomic E-state index is 9.52. The summed E-state index contributed by atoms with van der Waals surface area (Å²) in [5.74, 6) is 1.10. The van der Waals surface area contributed by atoms with Gasteiger partial charge in [0.2, 0.25) is 0 Å². The third-order valence-corrected chi connectivity index (χ3v) is 8.01. The topological polar surface area (TPSA) is 80.6 Å². The van der Waals surface area contributed by atoms with Crippen LogP contribution in [0.1, 0.15) is 36.6 Å². The van der Waals surface area contributed by atoms with Crippen molar-refractivity contribution in [1.82, 2.24) is 20.2 Å². The Balaban J connectivity index is 1.11. The molecule has 3 aromatic rings. The highest BCUT2D eigenvalue weighted by molar-refractivity contribution is 5.95. The molecular formula is C29H35N7O. The Bertz CT molecular complexity index is 1310. The molecule has 0 saturated carbocycles. The molecule has 8 heteroatoms. The first kappa shape index (κ1) is 24.1. The molecule has 3 aliphatic rings. The summed E-state index contributed by atoms with van der Waals surface area (Å²) in [4.78, 5) is 16.7. The smallest absolute Gasteiger partial charge is 0.128 e. The molecular weight excluding hydrogens is 462 g/mol. The van der Waals surface area contributed by atoms with E-state index < -0.39 is 0 Å². The van der Waals surface area contributed by atoms with E-state index in [9.17, 15) is 5.26 Å². The molecule has 0 amide bonds. The molecule has 0 unspecified atom stereocenters. The van der Waals surface area contributed by atoms with Gasteiger partial charge in [-0.1, -0.05) is 0 Å². The summed E-state index contributed by atoms with van der Waals surface area (Å²) in [6.07, 6.45) is 5.17. The van der Waals surface area contributed by atoms with Crippen molar-refractivity contribution in [3.05, 3.63) is 59.4 Å². The van der Waals surface area contributed by atoms with Crippen molar-refractivity contribution in [2.75, 3.05) is 62.2 Å². The second kappa shape index (κ2) is 10.3. The molecule has 0 bridgehead atoms. The molecule has 3 aliphatic heterocycles. The maximum atomic E-state index is 9.52. The van der Waals surface area contributed by atoms with Crippen LogP contribution in [0.2, 0.25) is 0 Å². The second-order valence-electron chi connectivity index (χ2n) is 10.6. The predicted octanol–water partition coefficient (Wildman–Crippen LogP) is 3.12. The van der Waals surface area contributed by atoms with Crippen LogP contribution in [0, 0.1) is 11.3 Å². The number of pyridine rings is 2. The number of hydrogen-bond donors (Lipinski definition) is 1. The third kappa shape index (κ3) is 4.87. The molecule has 6 rings (SSSR count). The van der Waals surface area contributed by atoms with Gasteiger partial charge >= 0.3 is 0 Å². The molecule has 0 spiro atoms. The molecule has 0 aliphatic carbocycles. The Kier molecular flexibility index (Phi) is 6.68. The summed E-state index contributed by atoms with van der Waals surface area (Å²) in [5, 5.41) is 14.1. The van der Waals surface area contributed by atoms with Crippen molar-refractivity contribution >= 4 is 22.4 Å². The summed E-state index contributed by atoms with van der Waals surface area (Å²) in [5.41, 5.74) is 5.31. The van der Waals surface area contributed by atoms with Crippen LogP contribution in [0.5, 0.6) is 0 Å². The number of piperazine rings is 1. The number of morpholine rings is 1. The largest absolute Gasteiger partial charge is 0.370 e. The standard InChI is InChI=1S/C29H35N7O/c1-20-17-36(27-6-5-22(15-30)29-25(27)4-3-8-32-29)19-24(37-20)18-34-10-12-35(13-11-34)28-14-26-21(2)31-9-7-23(26)16-33-28/h3-6,8,14,16,20-21,24,31H,7,9-13,17-19H2,1-2H3/t20-,21-,24+/m1/s1. The molecule has 5 heterocycles. The molecule has 2 fully saturated rings. The summed E-state index contributed by atoms with van der Waals surface area (Å²) in [6, 6.07) is 12.9. The SMILES string of the molecule is C[C@@H]1CN(c2ccc(C#N)c3ncccc23)C[C@H](CN2CCN(c3cc4c(cn3)CCN[C@@H]4C)CC2)O1. The highest BCUT2D eigenvalue weighted by Gasteiger charge is 2.30. The van der Waals surface area contributed by atoms with Gasteiger partial charge in [-0.2, -0.15) is 5.26 Å². The Morgan fingerprint density at radius 2 is 1.95 bits per heavy atom. The monoisotopic (exact) mass is 497 g/mol. The van der Waals surface area contributed by atoms with Crippen LogP contribution in [-0.2, 0) is 11.2 Å². The van der Waals surface area contributed by atoms with Crippen LogP contribution < -0.4 is 15.1 Å². The number of aromatic nitrogens is 2. The zero-order valence-corrected chi connectivity index (χ0v) is 21.7. The number of fused-ring (bicyclic) bond motifs is 2. The van der Waals surface area contributed by atoms with Crippen LogP contribution in [0.15, 0.2) is 42.7 Å². The molecule has 2 saturated heterocycles. The van der Waals surface area contributed by atoms with Crippen LogP contribution in [0.3, 0.4) is 0 Å². The van der Waals surface area contributed by atoms with E-state index in [1.54, 1.807) is 6.20 Å². The highest BCUT2D eigenvalue weighted by atomic mass is 16.5. The highest BCUT2D eigenvalue weighted by Crippen LogP contribution is 2.31. The maximum Gasteiger partial charge on any atom is 0.128 e. The number of ether oxygens (including phenoxy) is 1. The van der Waals surface area contributed by atoms with Crippen molar-refractivity contribution in [2.24, 2.45) is 0 Å². The van der Waals surface area contributed by atoms with Crippen LogP contribution in [0.25, 0.3) is 10.9 Å². The lowest BCUT2D eigenvalue weighted by Crippen LogP contribution is -2.54. The first-order chi connectivity index (χ1) is 18.1. The number of nitrogens with one attached hydrogen (secondary N) is 1. The minimum atomic E-state index is 0.131. The van der Waals surface area contributed by atoms with E-state index in [0.717, 1.165) is 81.2 Å². The van der Waals surface area contributed by atoms with Gasteiger partial charge in [-0.25, -0.2) is 4.98 Å². The third-order valence-electron chi connectivity index (χ3n) is 8.01. The van der Waals surface area contributed by atoms with Crippen molar-refractivity contribution in [1.29, 1.82) is 5.26 Å². The fourth-order valence-electron chi connectivity index (χ4n) is 6.12. The van der Waals surface area contributed by atoms with Crippen molar-refractivity contribution in [2.45, 2.75) is 38.5 Å². The fraction of sp³-hybridized carbons (Fsp3) is 0.483. The number of hydrogen-bond acceptors (Lipinski definition) is 8. The van der Waals surface area contributed by atoms with Gasteiger partial charge in [-0.05, 0) is 68.3 Å². The van der Waals surface area contributed by atoms with Gasteiger partial charge in [0, 0.05) is 75.3 Å². The van der Waals surface area contributed by atoms with Crippen molar-refractivity contribution in [3.8, 4) is 6.07 Å². The van der Waals surface area contributed by atoms with Gasteiger partial charge in [-0.3, -0.25) is 9.88 Å². The van der Waals surface area contributed by atoms with E-state index in [1.807, 2.05) is 12.1 Å². The molecule has 8 nitrogen and oxygen atoms in total. The molecule has 1 N–H and O–H groups in total. The van der Waals surface area contributed by atoms with Gasteiger partial charge in [0.25, 0.3) is 0 Å². The quantitative estimate of drug-likeness (QED) is 0.589. The predicted molar refractivity (Wildman–Crippen MR) is 146 cm³/mol. The Morgan fingerprint density at radius 3 is 2.78 bits per heavy atom. The number of nitriles is 1. The molecule has 1 aromatic carbocycles. The Morgan fingerprint density at radius 1 is 1.08 bits per heavy atom. The Labute approximate surface area is 218 Å². The number of rotatable bonds is 4. The van der Waals surface area contributed by atoms with Gasteiger partial charge < -0.3 is 19.9 Å². The van der Waals surface area contributed by atoms with E-state index in [0.29, 0.717) is 11.6 Å². The minimum absolute atomic E-state index is 0.131. The lowest BCUT2D eigenvalue weighted by Gasteiger charge is -2.42. The number of anilines is 2. The van der Waals surface area contributed by atoms with E-state index in [1.165, 1.54) is 11.1 Å². The van der Waals surface area contributed by atoms with Gasteiger partial charge in [-0.15, -0.1) is 0 Å². The van der Waals surface area contributed by atoms with E-state index in [2.05, 4.69) is 69.3 Å². The summed E-state index contributed by atoms with van der Waals surface area (Å²) in [7, 11) is 0. The molecule has 0 radical (unpaired) electrons. The van der Waals surface area contributed by atoms with Crippen LogP contribution >= 0.6 is 0 Å². The first-order valence-electron chi connectivity index (χ1n) is 13.5. The van der Waals surface area contributed by atoms with Crippen molar-refractivity contribution in [3.63, 3.8) is 0 Å². The fourth-order valence-corrected chi connectivity index (χ4v) is 6.12. The van der Waals surface area contributed by atoms with E-state index in [-0.39, 0.29) is 12.2 Å². The normalized spacial score (nSPS) is 24.6. The molecule has 2 aromatic heterocycles. The summed E-state index contributed by atoms with van der Waals surface area (Å²) < 4.78 is 6.40. The second-order valence-corrected chi connectivity index (χ2v) is 10.6. The van der Waals surface area contributed by atoms with E-state index >= 15 is 0 Å². The zero-order valence-electron chi connectivity index (χ0n) is 21.7. The minimum Gasteiger partial charge on any atom is -0.370 e. The number of benzene rings is 1. The first-order valence-corrected chi connectivity index (χ1v) is 13.5. The Hall–Kier alpha value is -3.25. The lowest BCUT2D eigenvalue weighted by atomic mass is 9.97. The lowest BCUT2D eigenvalue weighted by molar-refractivity contribution is -0.0327. The molecule has 37 heavy (non-hydrogen) atoms. The number of nitrogens with zero attached hydrogens (tertiary/aromatic N) is 6. The van der Waals surface area contributed by atoms with Gasteiger partial charge in [0.1, 0.15) is 11.9 Å². The summed E-state index contributed by atoms with van der Waals surface area (Å²) >= 11 is 0. The van der Waals surface area contributed by atoms with Crippen LogP contribution in [0.4, 0.5) is 11.5 Å². The summed E-state index contributed by atoms with van der Waals surface area (Å²) in [6.45, 7) is 12.0. The molecule has 3 atom stereocenters. The average Bonchev–Trinajstić information content (AvgIpc) is 2.92. The van der Waals surface area contributed by atoms with Gasteiger partial charge in [0.05, 0.1) is 23.3 Å². The molecule has 192 valence electrons. The van der Waals surface area contributed by atoms with E-state index in [4.69, 9.17) is 9.72 Å².